The lowest BCUT2D eigenvalue weighted by atomic mass is 9.95. The molecule has 0 amide bonds. The Balaban J connectivity index is 1.56. The molecule has 44 heavy (non-hydrogen) atoms. The Hall–Kier alpha value is -4.48. The van der Waals surface area contributed by atoms with Crippen LogP contribution in [0.5, 0.6) is 11.5 Å². The average Bonchev–Trinajstić information content (AvgIpc) is 3.34. The maximum Gasteiger partial charge on any atom is 0.338 e. The first-order valence-corrected chi connectivity index (χ1v) is 15.5. The van der Waals surface area contributed by atoms with Crippen molar-refractivity contribution in [1.82, 2.24) is 4.57 Å². The fourth-order valence-electron chi connectivity index (χ4n) is 4.94. The molecule has 1 atom stereocenters. The van der Waals surface area contributed by atoms with Crippen LogP contribution in [0.15, 0.2) is 92.3 Å². The van der Waals surface area contributed by atoms with Crippen LogP contribution in [0.4, 0.5) is 0 Å². The Morgan fingerprint density at radius 3 is 2.43 bits per heavy atom. The fourth-order valence-corrected chi connectivity index (χ4v) is 6.53. The topological polar surface area (TPSA) is 116 Å². The molecule has 3 aromatic carbocycles. The van der Waals surface area contributed by atoms with Gasteiger partial charge in [-0.25, -0.2) is 14.6 Å². The van der Waals surface area contributed by atoms with Gasteiger partial charge in [-0.1, -0.05) is 60.7 Å². The molecule has 0 fully saturated rings. The van der Waals surface area contributed by atoms with E-state index in [2.05, 4.69) is 15.9 Å². The molecule has 4 aromatic rings. The van der Waals surface area contributed by atoms with Crippen molar-refractivity contribution in [2.45, 2.75) is 32.9 Å². The van der Waals surface area contributed by atoms with Crippen LogP contribution < -0.4 is 24.4 Å². The second-order valence-electron chi connectivity index (χ2n) is 9.75. The Morgan fingerprint density at radius 1 is 1.07 bits per heavy atom. The van der Waals surface area contributed by atoms with Crippen molar-refractivity contribution in [3.63, 3.8) is 0 Å². The molecule has 0 bridgehead atoms. The van der Waals surface area contributed by atoms with Gasteiger partial charge in [-0.2, -0.15) is 0 Å². The highest BCUT2D eigenvalue weighted by Crippen LogP contribution is 2.38. The van der Waals surface area contributed by atoms with E-state index >= 15 is 0 Å². The van der Waals surface area contributed by atoms with Crippen LogP contribution in [0.1, 0.15) is 53.4 Å². The average molecular weight is 678 g/mol. The van der Waals surface area contributed by atoms with Crippen LogP contribution >= 0.6 is 27.3 Å². The molecule has 11 heteroatoms. The second kappa shape index (κ2) is 13.4. The van der Waals surface area contributed by atoms with Gasteiger partial charge in [-0.05, 0) is 76.3 Å². The summed E-state index contributed by atoms with van der Waals surface area (Å²) < 4.78 is 19.7. The standard InChI is InChI=1S/C33H29BrN2O7S/c1-4-24-27(32(40)41-3)28(21-9-7-6-8-10-21)36-30(37)26(44-33(36)35-24)17-20-15-23(34)29(25(16-20)42-5-2)43-18-19-11-13-22(14-12-19)31(38)39/h6-17,28H,4-5,18H2,1-3H3,(H,38,39)/b26-17-/t28-/m0/s1. The number of hydrogen-bond acceptors (Lipinski definition) is 8. The number of rotatable bonds is 10. The van der Waals surface area contributed by atoms with Crippen molar-refractivity contribution in [3.8, 4) is 11.5 Å². The monoisotopic (exact) mass is 676 g/mol. The van der Waals surface area contributed by atoms with Gasteiger partial charge in [0.2, 0.25) is 0 Å². The Bertz CT molecular complexity index is 1930. The second-order valence-corrected chi connectivity index (χ2v) is 11.6. The lowest BCUT2D eigenvalue weighted by Crippen LogP contribution is -2.40. The third kappa shape index (κ3) is 6.24. The minimum absolute atomic E-state index is 0.193. The van der Waals surface area contributed by atoms with E-state index < -0.39 is 18.0 Å². The SMILES string of the molecule is CCOc1cc(/C=c2\sc3n(c2=O)[C@@H](c2ccccc2)C(C(=O)OC)=C(CC)N=3)cc(Br)c1OCc1ccc(C(=O)O)cc1. The van der Waals surface area contributed by atoms with E-state index in [4.69, 9.17) is 24.3 Å². The number of nitrogens with zero attached hydrogens (tertiary/aromatic N) is 2. The van der Waals surface area contributed by atoms with Crippen LogP contribution in [0.25, 0.3) is 6.08 Å². The molecule has 0 radical (unpaired) electrons. The van der Waals surface area contributed by atoms with Crippen LogP contribution in [0, 0.1) is 0 Å². The van der Waals surface area contributed by atoms with Gasteiger partial charge < -0.3 is 19.3 Å². The van der Waals surface area contributed by atoms with E-state index in [1.54, 1.807) is 28.8 Å². The summed E-state index contributed by atoms with van der Waals surface area (Å²) in [4.78, 5) is 43.3. The zero-order valence-electron chi connectivity index (χ0n) is 24.2. The van der Waals surface area contributed by atoms with Crippen molar-refractivity contribution in [2.24, 2.45) is 4.99 Å². The molecule has 9 nitrogen and oxygen atoms in total. The Kier molecular flexibility index (Phi) is 9.46. The minimum Gasteiger partial charge on any atom is -0.490 e. The van der Waals surface area contributed by atoms with Gasteiger partial charge in [0.25, 0.3) is 5.56 Å². The van der Waals surface area contributed by atoms with Crippen molar-refractivity contribution >= 4 is 45.3 Å². The third-order valence-corrected chi connectivity index (χ3v) is 8.55. The number of esters is 1. The van der Waals surface area contributed by atoms with Crippen LogP contribution in [0.2, 0.25) is 0 Å². The van der Waals surface area contributed by atoms with Crippen molar-refractivity contribution in [3.05, 3.63) is 124 Å². The van der Waals surface area contributed by atoms with Crippen molar-refractivity contribution in [1.29, 1.82) is 0 Å². The van der Waals surface area contributed by atoms with Crippen molar-refractivity contribution < 1.29 is 28.9 Å². The zero-order chi connectivity index (χ0) is 31.4. The van der Waals surface area contributed by atoms with Crippen LogP contribution in [0.3, 0.4) is 0 Å². The molecule has 1 aromatic heterocycles. The summed E-state index contributed by atoms with van der Waals surface area (Å²) >= 11 is 4.84. The molecule has 0 unspecified atom stereocenters. The number of halogens is 1. The molecule has 226 valence electrons. The number of carbonyl (C=O) groups excluding carboxylic acids is 1. The van der Waals surface area contributed by atoms with E-state index in [1.807, 2.05) is 50.2 Å². The molecule has 0 saturated carbocycles. The molecule has 1 aliphatic heterocycles. The van der Waals surface area contributed by atoms with Gasteiger partial charge in [-0.3, -0.25) is 9.36 Å². The number of aromatic nitrogens is 1. The van der Waals surface area contributed by atoms with E-state index in [0.29, 0.717) is 55.2 Å². The Labute approximate surface area is 265 Å². The molecule has 2 heterocycles. The molecule has 0 aliphatic carbocycles. The number of hydrogen-bond donors (Lipinski definition) is 1. The summed E-state index contributed by atoms with van der Waals surface area (Å²) in [6.07, 6.45) is 2.26. The predicted octanol–water partition coefficient (Wildman–Crippen LogP) is 5.24. The van der Waals surface area contributed by atoms with Gasteiger partial charge in [0.15, 0.2) is 16.3 Å². The number of ether oxygens (including phenoxy) is 3. The first-order valence-electron chi connectivity index (χ1n) is 13.8. The van der Waals surface area contributed by atoms with E-state index in [9.17, 15) is 14.4 Å². The molecule has 0 spiro atoms. The van der Waals surface area contributed by atoms with E-state index in [-0.39, 0.29) is 17.7 Å². The largest absolute Gasteiger partial charge is 0.490 e. The number of benzene rings is 3. The summed E-state index contributed by atoms with van der Waals surface area (Å²) in [5.74, 6) is -0.557. The molecular weight excluding hydrogens is 648 g/mol. The van der Waals surface area contributed by atoms with Crippen LogP contribution in [-0.4, -0.2) is 35.3 Å². The summed E-state index contributed by atoms with van der Waals surface area (Å²) in [7, 11) is 1.33. The summed E-state index contributed by atoms with van der Waals surface area (Å²) in [6, 6.07) is 18.8. The molecule has 1 N–H and O–H groups in total. The lowest BCUT2D eigenvalue weighted by molar-refractivity contribution is -0.136. The number of methoxy groups -OCH3 is 1. The maximum atomic E-state index is 13.9. The van der Waals surface area contributed by atoms with Crippen molar-refractivity contribution in [2.75, 3.05) is 13.7 Å². The molecule has 0 saturated heterocycles. The number of carboxylic acids is 1. The number of allylic oxidation sites excluding steroid dienone is 1. The van der Waals surface area contributed by atoms with Gasteiger partial charge in [0, 0.05) is 0 Å². The van der Waals surface area contributed by atoms with E-state index in [0.717, 1.165) is 11.1 Å². The highest BCUT2D eigenvalue weighted by atomic mass is 79.9. The minimum atomic E-state index is -0.993. The molecule has 5 rings (SSSR count). The predicted molar refractivity (Wildman–Crippen MR) is 170 cm³/mol. The Morgan fingerprint density at radius 2 is 1.80 bits per heavy atom. The van der Waals surface area contributed by atoms with E-state index in [1.165, 1.54) is 30.6 Å². The maximum absolute atomic E-state index is 13.9. The fraction of sp³-hybridized carbons (Fsp3) is 0.212. The smallest absolute Gasteiger partial charge is 0.338 e. The molecular formula is C33H29BrN2O7S. The third-order valence-electron chi connectivity index (χ3n) is 6.98. The number of fused-ring (bicyclic) bond motifs is 1. The lowest BCUT2D eigenvalue weighted by Gasteiger charge is -2.25. The number of carbonyl (C=O) groups is 2. The zero-order valence-corrected chi connectivity index (χ0v) is 26.6. The van der Waals surface area contributed by atoms with Gasteiger partial charge in [-0.15, -0.1) is 0 Å². The van der Waals surface area contributed by atoms with Gasteiger partial charge in [0.05, 0.1) is 45.6 Å². The number of aromatic carboxylic acids is 1. The van der Waals surface area contributed by atoms with Gasteiger partial charge in [0.1, 0.15) is 6.61 Å². The first-order chi connectivity index (χ1) is 21.2. The quantitative estimate of drug-likeness (QED) is 0.229. The van der Waals surface area contributed by atoms with Crippen LogP contribution in [-0.2, 0) is 16.1 Å². The number of carboxylic acid groups (broad SMARTS) is 1. The summed E-state index contributed by atoms with van der Waals surface area (Å²) in [5, 5.41) is 9.14. The highest BCUT2D eigenvalue weighted by Gasteiger charge is 2.33. The first kappa shape index (κ1) is 31.0. The molecule has 1 aliphatic rings. The summed E-state index contributed by atoms with van der Waals surface area (Å²) in [6.45, 7) is 4.35. The number of thiazole rings is 1. The highest BCUT2D eigenvalue weighted by molar-refractivity contribution is 9.10. The van der Waals surface area contributed by atoms with Gasteiger partial charge >= 0.3 is 11.9 Å². The summed E-state index contributed by atoms with van der Waals surface area (Å²) in [5.41, 5.74) is 3.12. The normalized spacial score (nSPS) is 14.5.